The molecule has 152 valence electrons. The summed E-state index contributed by atoms with van der Waals surface area (Å²) in [6.07, 6.45) is 5.70. The highest BCUT2D eigenvalue weighted by molar-refractivity contribution is 7.13. The minimum atomic E-state index is -0.0441. The Kier molecular flexibility index (Phi) is 6.42. The zero-order valence-corrected chi connectivity index (χ0v) is 17.7. The highest BCUT2D eigenvalue weighted by Gasteiger charge is 2.20. The maximum absolute atomic E-state index is 13.0. The van der Waals surface area contributed by atoms with Crippen LogP contribution >= 0.6 is 11.3 Å². The number of aromatic nitrogens is 2. The second-order valence-electron chi connectivity index (χ2n) is 7.69. The fraction of sp³-hybridized carbons (Fsp3) is 0.391. The van der Waals surface area contributed by atoms with E-state index in [4.69, 9.17) is 5.10 Å². The van der Waals surface area contributed by atoms with Crippen LogP contribution in [-0.2, 0) is 6.54 Å². The highest BCUT2D eigenvalue weighted by atomic mass is 32.1. The summed E-state index contributed by atoms with van der Waals surface area (Å²) >= 11 is 1.61. The molecule has 0 spiro atoms. The van der Waals surface area contributed by atoms with Gasteiger partial charge in [-0.15, -0.1) is 11.3 Å². The molecule has 1 aliphatic rings. The van der Waals surface area contributed by atoms with Crippen molar-refractivity contribution in [1.82, 2.24) is 20.0 Å². The number of thiophene rings is 1. The molecule has 0 bridgehead atoms. The lowest BCUT2D eigenvalue weighted by atomic mass is 10.0. The first-order valence-electron chi connectivity index (χ1n) is 10.4. The predicted octanol–water partition coefficient (Wildman–Crippen LogP) is 4.26. The van der Waals surface area contributed by atoms with E-state index in [0.717, 1.165) is 23.7 Å². The fourth-order valence-corrected chi connectivity index (χ4v) is 4.66. The molecule has 1 aromatic carbocycles. The number of amides is 1. The van der Waals surface area contributed by atoms with Crippen molar-refractivity contribution < 1.29 is 4.79 Å². The van der Waals surface area contributed by atoms with Crippen LogP contribution in [0.2, 0.25) is 0 Å². The summed E-state index contributed by atoms with van der Waals surface area (Å²) in [5.41, 5.74) is 2.58. The number of nitrogens with one attached hydrogen (secondary N) is 1. The van der Waals surface area contributed by atoms with Crippen molar-refractivity contribution in [2.75, 3.05) is 19.6 Å². The molecule has 1 N–H and O–H groups in total. The normalized spacial score (nSPS) is 17.3. The van der Waals surface area contributed by atoms with Gasteiger partial charge in [-0.05, 0) is 43.3 Å². The van der Waals surface area contributed by atoms with E-state index in [-0.39, 0.29) is 5.91 Å². The van der Waals surface area contributed by atoms with Crippen LogP contribution < -0.4 is 5.32 Å². The average Bonchev–Trinajstić information content (AvgIpc) is 3.40. The Bertz CT molecular complexity index is 920. The second kappa shape index (κ2) is 9.37. The number of piperidine rings is 1. The number of hydrogen-bond acceptors (Lipinski definition) is 4. The third-order valence-corrected chi connectivity index (χ3v) is 6.45. The van der Waals surface area contributed by atoms with E-state index >= 15 is 0 Å². The van der Waals surface area contributed by atoms with Gasteiger partial charge in [0.1, 0.15) is 5.69 Å². The Hall–Kier alpha value is -2.44. The van der Waals surface area contributed by atoms with Crippen molar-refractivity contribution in [3.8, 4) is 10.6 Å². The number of benzene rings is 1. The first-order chi connectivity index (χ1) is 14.2. The van der Waals surface area contributed by atoms with Gasteiger partial charge < -0.3 is 5.32 Å². The summed E-state index contributed by atoms with van der Waals surface area (Å²) in [6, 6.07) is 14.8. The molecule has 0 radical (unpaired) electrons. The molecule has 1 saturated heterocycles. The molecule has 4 rings (SSSR count). The molecule has 1 amide bonds. The van der Waals surface area contributed by atoms with E-state index < -0.39 is 0 Å². The third-order valence-electron chi connectivity index (χ3n) is 5.57. The lowest BCUT2D eigenvalue weighted by molar-refractivity contribution is 0.0939. The van der Waals surface area contributed by atoms with Crippen molar-refractivity contribution in [3.05, 3.63) is 65.2 Å². The zero-order chi connectivity index (χ0) is 20.1. The number of likely N-dealkylation sites (tertiary alicyclic amines) is 1. The number of nitrogens with zero attached hydrogens (tertiary/aromatic N) is 3. The molecule has 1 atom stereocenters. The number of carbonyl (C=O) groups is 1. The Morgan fingerprint density at radius 1 is 1.21 bits per heavy atom. The molecular formula is C23H28N4OS. The fourth-order valence-electron chi connectivity index (χ4n) is 3.93. The van der Waals surface area contributed by atoms with Crippen molar-refractivity contribution in [2.24, 2.45) is 0 Å². The van der Waals surface area contributed by atoms with Crippen LogP contribution in [0.15, 0.2) is 54.0 Å². The third kappa shape index (κ3) is 4.95. The van der Waals surface area contributed by atoms with Gasteiger partial charge in [-0.1, -0.05) is 42.8 Å². The van der Waals surface area contributed by atoms with Crippen LogP contribution in [0.5, 0.6) is 0 Å². The Morgan fingerprint density at radius 3 is 2.83 bits per heavy atom. The molecular weight excluding hydrogens is 380 g/mol. The number of rotatable bonds is 7. The first-order valence-corrected chi connectivity index (χ1v) is 11.3. The van der Waals surface area contributed by atoms with Crippen LogP contribution in [0.1, 0.15) is 42.1 Å². The Balaban J connectivity index is 1.46. The van der Waals surface area contributed by atoms with Crippen LogP contribution in [0.4, 0.5) is 0 Å². The smallest absolute Gasteiger partial charge is 0.255 e. The van der Waals surface area contributed by atoms with Gasteiger partial charge in [0.15, 0.2) is 0 Å². The summed E-state index contributed by atoms with van der Waals surface area (Å²) < 4.78 is 1.87. The van der Waals surface area contributed by atoms with E-state index in [1.807, 2.05) is 46.6 Å². The monoisotopic (exact) mass is 408 g/mol. The minimum absolute atomic E-state index is 0.0441. The van der Waals surface area contributed by atoms with Crippen LogP contribution in [0.3, 0.4) is 0 Å². The second-order valence-corrected chi connectivity index (χ2v) is 8.64. The quantitative estimate of drug-likeness (QED) is 0.635. The maximum atomic E-state index is 13.0. The number of hydrogen-bond donors (Lipinski definition) is 1. The molecule has 0 saturated carbocycles. The Labute approximate surface area is 176 Å². The van der Waals surface area contributed by atoms with Gasteiger partial charge in [-0.3, -0.25) is 14.4 Å². The molecule has 29 heavy (non-hydrogen) atoms. The van der Waals surface area contributed by atoms with E-state index in [1.165, 1.54) is 24.8 Å². The van der Waals surface area contributed by atoms with Crippen LogP contribution in [0, 0.1) is 0 Å². The topological polar surface area (TPSA) is 50.2 Å². The molecule has 3 aromatic rings. The lowest BCUT2D eigenvalue weighted by Gasteiger charge is -2.33. The maximum Gasteiger partial charge on any atom is 0.255 e. The van der Waals surface area contributed by atoms with E-state index in [0.29, 0.717) is 24.7 Å². The van der Waals surface area contributed by atoms with Crippen LogP contribution in [0.25, 0.3) is 10.6 Å². The van der Waals surface area contributed by atoms with Gasteiger partial charge in [0.25, 0.3) is 5.91 Å². The molecule has 2 aromatic heterocycles. The van der Waals surface area contributed by atoms with Gasteiger partial charge in [-0.25, -0.2) is 0 Å². The minimum Gasteiger partial charge on any atom is -0.351 e. The standard InChI is InChI=1S/C23H28N4OS/c1-18-8-5-6-13-26(18)14-12-24-23(28)20-17-27(16-19-9-3-2-4-10-19)25-22(20)21-11-7-15-29-21/h2-4,7,9-11,15,17-18H,5-6,8,12-14,16H2,1H3,(H,24,28). The van der Waals surface area contributed by atoms with E-state index in [9.17, 15) is 4.79 Å². The van der Waals surface area contributed by atoms with E-state index in [1.54, 1.807) is 11.3 Å². The molecule has 1 fully saturated rings. The summed E-state index contributed by atoms with van der Waals surface area (Å²) in [7, 11) is 0. The van der Waals surface area contributed by atoms with Crippen molar-refractivity contribution >= 4 is 17.2 Å². The lowest BCUT2D eigenvalue weighted by Crippen LogP contribution is -2.42. The summed E-state index contributed by atoms with van der Waals surface area (Å²) in [5, 5.41) is 9.87. The van der Waals surface area contributed by atoms with Crippen molar-refractivity contribution in [1.29, 1.82) is 0 Å². The van der Waals surface area contributed by atoms with Gasteiger partial charge in [0.2, 0.25) is 0 Å². The largest absolute Gasteiger partial charge is 0.351 e. The number of carbonyl (C=O) groups excluding carboxylic acids is 1. The Morgan fingerprint density at radius 2 is 2.07 bits per heavy atom. The van der Waals surface area contributed by atoms with Gasteiger partial charge in [0.05, 0.1) is 17.0 Å². The highest BCUT2D eigenvalue weighted by Crippen LogP contribution is 2.27. The molecule has 1 aliphatic heterocycles. The van der Waals surface area contributed by atoms with Crippen molar-refractivity contribution in [3.63, 3.8) is 0 Å². The molecule has 5 nitrogen and oxygen atoms in total. The molecule has 3 heterocycles. The zero-order valence-electron chi connectivity index (χ0n) is 16.9. The summed E-state index contributed by atoms with van der Waals surface area (Å²) in [6.45, 7) is 5.63. The van der Waals surface area contributed by atoms with E-state index in [2.05, 4.69) is 29.3 Å². The van der Waals surface area contributed by atoms with Crippen LogP contribution in [-0.4, -0.2) is 46.3 Å². The van der Waals surface area contributed by atoms with Gasteiger partial charge >= 0.3 is 0 Å². The van der Waals surface area contributed by atoms with Gasteiger partial charge in [-0.2, -0.15) is 5.10 Å². The molecule has 1 unspecified atom stereocenters. The average molecular weight is 409 g/mol. The summed E-state index contributed by atoms with van der Waals surface area (Å²) in [4.78, 5) is 16.5. The van der Waals surface area contributed by atoms with Crippen molar-refractivity contribution in [2.45, 2.75) is 38.8 Å². The molecule has 0 aliphatic carbocycles. The first kappa shape index (κ1) is 19.9. The SMILES string of the molecule is CC1CCCCN1CCNC(=O)c1cn(Cc2ccccc2)nc1-c1cccs1. The van der Waals surface area contributed by atoms with Gasteiger partial charge in [0, 0.05) is 25.3 Å². The molecule has 6 heteroatoms. The summed E-state index contributed by atoms with van der Waals surface area (Å²) in [5.74, 6) is -0.0441. The predicted molar refractivity (Wildman–Crippen MR) is 118 cm³/mol.